The standard InChI is InChI=1S/C12H12Br3NO3/c1-3-8(14)11(17)16-10-7(12(18)19-2)4-6(13)5-9(10)15/h4-5,8H,3H2,1-2H3,(H,16,17). The van der Waals surface area contributed by atoms with Crippen molar-refractivity contribution in [1.29, 1.82) is 0 Å². The van der Waals surface area contributed by atoms with E-state index in [1.165, 1.54) is 7.11 Å². The molecule has 0 fully saturated rings. The minimum Gasteiger partial charge on any atom is -0.465 e. The lowest BCUT2D eigenvalue weighted by atomic mass is 10.1. The van der Waals surface area contributed by atoms with Gasteiger partial charge in [-0.25, -0.2) is 4.79 Å². The van der Waals surface area contributed by atoms with Crippen LogP contribution in [-0.2, 0) is 9.53 Å². The minimum absolute atomic E-state index is 0.212. The lowest BCUT2D eigenvalue weighted by Gasteiger charge is -2.14. The molecule has 0 radical (unpaired) electrons. The average Bonchev–Trinajstić information content (AvgIpc) is 2.39. The van der Waals surface area contributed by atoms with Crippen LogP contribution >= 0.6 is 47.8 Å². The Morgan fingerprint density at radius 2 is 2.00 bits per heavy atom. The van der Waals surface area contributed by atoms with Crippen LogP contribution in [0.5, 0.6) is 0 Å². The van der Waals surface area contributed by atoms with Crippen molar-refractivity contribution in [2.75, 3.05) is 12.4 Å². The number of hydrogen-bond donors (Lipinski definition) is 1. The summed E-state index contributed by atoms with van der Waals surface area (Å²) >= 11 is 9.89. The molecule has 1 unspecified atom stereocenters. The second kappa shape index (κ2) is 7.40. The molecular weight excluding hydrogens is 446 g/mol. The van der Waals surface area contributed by atoms with E-state index >= 15 is 0 Å². The van der Waals surface area contributed by atoms with Gasteiger partial charge in [-0.2, -0.15) is 0 Å². The number of rotatable bonds is 4. The maximum Gasteiger partial charge on any atom is 0.340 e. The molecule has 104 valence electrons. The van der Waals surface area contributed by atoms with Crippen molar-refractivity contribution in [1.82, 2.24) is 0 Å². The number of alkyl halides is 1. The van der Waals surface area contributed by atoms with E-state index in [1.54, 1.807) is 12.1 Å². The van der Waals surface area contributed by atoms with Crippen LogP contribution in [0.1, 0.15) is 23.7 Å². The summed E-state index contributed by atoms with van der Waals surface area (Å²) < 4.78 is 6.03. The first-order valence-corrected chi connectivity index (χ1v) is 7.93. The Hall–Kier alpha value is -0.400. The lowest BCUT2D eigenvalue weighted by molar-refractivity contribution is -0.115. The Kier molecular flexibility index (Phi) is 6.49. The second-order valence-corrected chi connectivity index (χ2v) is 6.54. The van der Waals surface area contributed by atoms with Crippen LogP contribution in [-0.4, -0.2) is 23.8 Å². The van der Waals surface area contributed by atoms with Gasteiger partial charge in [0.1, 0.15) is 0 Å². The molecule has 0 aliphatic carbocycles. The van der Waals surface area contributed by atoms with E-state index in [9.17, 15) is 9.59 Å². The lowest BCUT2D eigenvalue weighted by Crippen LogP contribution is -2.23. The maximum absolute atomic E-state index is 11.9. The summed E-state index contributed by atoms with van der Waals surface area (Å²) in [6.45, 7) is 1.89. The Morgan fingerprint density at radius 3 is 2.53 bits per heavy atom. The van der Waals surface area contributed by atoms with Gasteiger partial charge in [0.05, 0.1) is 23.2 Å². The molecule has 1 rings (SSSR count). The van der Waals surface area contributed by atoms with Crippen molar-refractivity contribution in [2.24, 2.45) is 0 Å². The number of hydrogen-bond acceptors (Lipinski definition) is 3. The Bertz CT molecular complexity index is 505. The SMILES string of the molecule is CCC(Br)C(=O)Nc1c(Br)cc(Br)cc1C(=O)OC. The zero-order valence-corrected chi connectivity index (χ0v) is 15.1. The zero-order valence-electron chi connectivity index (χ0n) is 10.3. The number of amides is 1. The third-order valence-corrected chi connectivity index (χ3v) is 4.50. The highest BCUT2D eigenvalue weighted by Crippen LogP contribution is 2.31. The summed E-state index contributed by atoms with van der Waals surface area (Å²) in [5.41, 5.74) is 0.686. The van der Waals surface area contributed by atoms with Crippen molar-refractivity contribution in [3.63, 3.8) is 0 Å². The van der Waals surface area contributed by atoms with Gasteiger partial charge in [0.2, 0.25) is 5.91 Å². The highest BCUT2D eigenvalue weighted by Gasteiger charge is 2.20. The number of carbonyl (C=O) groups excluding carboxylic acids is 2. The average molecular weight is 458 g/mol. The predicted molar refractivity (Wildman–Crippen MR) is 84.8 cm³/mol. The Labute approximate surface area is 136 Å². The van der Waals surface area contributed by atoms with E-state index in [4.69, 9.17) is 4.74 Å². The minimum atomic E-state index is -0.514. The Balaban J connectivity index is 3.18. The number of esters is 1. The molecule has 0 saturated heterocycles. The highest BCUT2D eigenvalue weighted by molar-refractivity contribution is 9.11. The molecule has 1 aromatic carbocycles. The summed E-state index contributed by atoms with van der Waals surface area (Å²) in [5, 5.41) is 2.72. The normalized spacial score (nSPS) is 11.8. The van der Waals surface area contributed by atoms with Crippen LogP contribution in [0.25, 0.3) is 0 Å². The first-order valence-electron chi connectivity index (χ1n) is 5.43. The first-order chi connectivity index (χ1) is 8.90. The van der Waals surface area contributed by atoms with E-state index < -0.39 is 5.97 Å². The quantitative estimate of drug-likeness (QED) is 0.547. The van der Waals surface area contributed by atoms with Crippen molar-refractivity contribution in [3.05, 3.63) is 26.6 Å². The van der Waals surface area contributed by atoms with Crippen molar-refractivity contribution >= 4 is 65.4 Å². The Morgan fingerprint density at radius 1 is 1.37 bits per heavy atom. The van der Waals surface area contributed by atoms with E-state index in [1.807, 2.05) is 6.92 Å². The number of halogens is 3. The summed E-state index contributed by atoms with van der Waals surface area (Å²) in [5.74, 6) is -0.726. The number of benzene rings is 1. The molecule has 1 amide bonds. The van der Waals surface area contributed by atoms with E-state index in [-0.39, 0.29) is 16.3 Å². The fourth-order valence-electron chi connectivity index (χ4n) is 1.36. The van der Waals surface area contributed by atoms with Crippen LogP contribution in [0.3, 0.4) is 0 Å². The monoisotopic (exact) mass is 455 g/mol. The highest BCUT2D eigenvalue weighted by atomic mass is 79.9. The fourth-order valence-corrected chi connectivity index (χ4v) is 2.80. The first kappa shape index (κ1) is 16.7. The van der Waals surface area contributed by atoms with E-state index in [2.05, 4.69) is 53.1 Å². The van der Waals surface area contributed by atoms with Crippen molar-refractivity contribution < 1.29 is 14.3 Å². The summed E-state index contributed by atoms with van der Waals surface area (Å²) in [7, 11) is 1.29. The van der Waals surface area contributed by atoms with Crippen molar-refractivity contribution in [2.45, 2.75) is 18.2 Å². The van der Waals surface area contributed by atoms with Gasteiger partial charge in [0.25, 0.3) is 0 Å². The fraction of sp³-hybridized carbons (Fsp3) is 0.333. The molecule has 1 aromatic rings. The molecule has 0 aliphatic rings. The van der Waals surface area contributed by atoms with Gasteiger partial charge in [0, 0.05) is 8.95 Å². The van der Waals surface area contributed by atoms with Crippen LogP contribution < -0.4 is 5.32 Å². The largest absolute Gasteiger partial charge is 0.465 e. The topological polar surface area (TPSA) is 55.4 Å². The van der Waals surface area contributed by atoms with Gasteiger partial charge in [-0.3, -0.25) is 4.79 Å². The second-order valence-electron chi connectivity index (χ2n) is 3.67. The van der Waals surface area contributed by atoms with Crippen LogP contribution in [0.4, 0.5) is 5.69 Å². The van der Waals surface area contributed by atoms with Gasteiger partial charge < -0.3 is 10.1 Å². The van der Waals surface area contributed by atoms with E-state index in [0.29, 0.717) is 21.1 Å². The van der Waals surface area contributed by atoms with Gasteiger partial charge in [0.15, 0.2) is 0 Å². The molecule has 7 heteroatoms. The van der Waals surface area contributed by atoms with E-state index in [0.717, 1.165) is 0 Å². The van der Waals surface area contributed by atoms with Gasteiger partial charge in [-0.15, -0.1) is 0 Å². The molecule has 19 heavy (non-hydrogen) atoms. The summed E-state index contributed by atoms with van der Waals surface area (Å²) in [6.07, 6.45) is 0.646. The third kappa shape index (κ3) is 4.29. The summed E-state index contributed by atoms with van der Waals surface area (Å²) in [4.78, 5) is 23.3. The smallest absolute Gasteiger partial charge is 0.340 e. The molecule has 0 saturated carbocycles. The number of carbonyl (C=O) groups is 2. The van der Waals surface area contributed by atoms with Gasteiger partial charge in [-0.05, 0) is 34.5 Å². The van der Waals surface area contributed by atoms with Crippen LogP contribution in [0.2, 0.25) is 0 Å². The molecule has 0 spiro atoms. The molecule has 0 aliphatic heterocycles. The number of ether oxygens (including phenoxy) is 1. The van der Waals surface area contributed by atoms with Crippen LogP contribution in [0.15, 0.2) is 21.1 Å². The zero-order chi connectivity index (χ0) is 14.6. The third-order valence-electron chi connectivity index (χ3n) is 2.35. The molecule has 0 aromatic heterocycles. The molecular formula is C12H12Br3NO3. The molecule has 0 heterocycles. The van der Waals surface area contributed by atoms with Crippen LogP contribution in [0, 0.1) is 0 Å². The predicted octanol–water partition coefficient (Wildman–Crippen LogP) is 4.11. The number of anilines is 1. The molecule has 0 bridgehead atoms. The van der Waals surface area contributed by atoms with Gasteiger partial charge >= 0.3 is 5.97 Å². The maximum atomic E-state index is 11.9. The molecule has 1 N–H and O–H groups in total. The summed E-state index contributed by atoms with van der Waals surface area (Å²) in [6, 6.07) is 3.35. The van der Waals surface area contributed by atoms with Gasteiger partial charge in [-0.1, -0.05) is 38.8 Å². The molecule has 1 atom stereocenters. The number of methoxy groups -OCH3 is 1. The molecule has 4 nitrogen and oxygen atoms in total. The van der Waals surface area contributed by atoms with Crippen molar-refractivity contribution in [3.8, 4) is 0 Å². The number of nitrogens with one attached hydrogen (secondary N) is 1.